The zero-order chi connectivity index (χ0) is 13.8. The van der Waals surface area contributed by atoms with Crippen molar-refractivity contribution >= 4 is 28.3 Å². The van der Waals surface area contributed by atoms with Crippen LogP contribution in [0, 0.1) is 3.57 Å². The van der Waals surface area contributed by atoms with Crippen molar-refractivity contribution in [2.75, 3.05) is 12.3 Å². The lowest BCUT2D eigenvalue weighted by molar-refractivity contribution is 0.335. The van der Waals surface area contributed by atoms with Crippen LogP contribution in [0.3, 0.4) is 0 Å². The molecule has 0 atom stereocenters. The van der Waals surface area contributed by atoms with Crippen molar-refractivity contribution in [3.8, 4) is 5.75 Å². The molecular weight excluding hydrogens is 357 g/mol. The highest BCUT2D eigenvalue weighted by Gasteiger charge is 2.07. The molecule has 2 N–H and O–H groups in total. The minimum atomic E-state index is -0.0690. The van der Waals surface area contributed by atoms with Gasteiger partial charge in [-0.05, 0) is 47.7 Å². The van der Waals surface area contributed by atoms with Crippen LogP contribution in [0.4, 0.5) is 5.69 Å². The van der Waals surface area contributed by atoms with E-state index in [4.69, 9.17) is 10.5 Å². The van der Waals surface area contributed by atoms with Crippen LogP contribution in [0.5, 0.6) is 5.75 Å². The molecular formula is C13H14IN3O2. The molecule has 0 saturated carbocycles. The lowest BCUT2D eigenvalue weighted by Gasteiger charge is -2.12. The third-order valence-corrected chi connectivity index (χ3v) is 3.32. The average Bonchev–Trinajstić information content (AvgIpc) is 2.38. The number of nitrogens with two attached hydrogens (primary N) is 1. The van der Waals surface area contributed by atoms with E-state index in [2.05, 4.69) is 4.98 Å². The van der Waals surface area contributed by atoms with E-state index >= 15 is 0 Å². The Bertz CT molecular complexity index is 640. The van der Waals surface area contributed by atoms with E-state index in [1.54, 1.807) is 16.8 Å². The Morgan fingerprint density at radius 3 is 3.00 bits per heavy atom. The van der Waals surface area contributed by atoms with Gasteiger partial charge in [0.1, 0.15) is 5.75 Å². The van der Waals surface area contributed by atoms with Crippen molar-refractivity contribution in [1.29, 1.82) is 0 Å². The fourth-order valence-electron chi connectivity index (χ4n) is 1.74. The minimum Gasteiger partial charge on any atom is -0.494 e. The molecule has 0 fully saturated rings. The fraction of sp³-hybridized carbons (Fsp3) is 0.231. The van der Waals surface area contributed by atoms with Crippen molar-refractivity contribution < 1.29 is 4.74 Å². The summed E-state index contributed by atoms with van der Waals surface area (Å²) in [6, 6.07) is 5.42. The lowest BCUT2D eigenvalue weighted by Crippen LogP contribution is -2.23. The fourth-order valence-corrected chi connectivity index (χ4v) is 2.21. The third kappa shape index (κ3) is 3.25. The number of anilines is 1. The van der Waals surface area contributed by atoms with Crippen molar-refractivity contribution in [3.05, 3.63) is 50.2 Å². The van der Waals surface area contributed by atoms with Crippen LogP contribution in [-0.4, -0.2) is 16.2 Å². The minimum absolute atomic E-state index is 0.0690. The zero-order valence-electron chi connectivity index (χ0n) is 10.5. The Morgan fingerprint density at radius 2 is 2.26 bits per heavy atom. The summed E-state index contributed by atoms with van der Waals surface area (Å²) in [5, 5.41) is 0. The van der Waals surface area contributed by atoms with Crippen molar-refractivity contribution in [2.45, 2.75) is 13.5 Å². The highest BCUT2D eigenvalue weighted by Crippen LogP contribution is 2.22. The second-order valence-electron chi connectivity index (χ2n) is 3.97. The standard InChI is InChI=1S/C13H14IN3O2/c1-2-19-12-4-3-10(15)5-9(12)7-17-8-16-6-11(14)13(17)18/h3-6,8H,2,7,15H2,1H3. The summed E-state index contributed by atoms with van der Waals surface area (Å²) in [6.45, 7) is 2.87. The maximum absolute atomic E-state index is 12.0. The monoisotopic (exact) mass is 371 g/mol. The van der Waals surface area contributed by atoms with Gasteiger partial charge in [0.15, 0.2) is 0 Å². The smallest absolute Gasteiger partial charge is 0.267 e. The van der Waals surface area contributed by atoms with Crippen molar-refractivity contribution in [1.82, 2.24) is 9.55 Å². The number of hydrogen-bond acceptors (Lipinski definition) is 4. The summed E-state index contributed by atoms with van der Waals surface area (Å²) in [6.07, 6.45) is 3.06. The highest BCUT2D eigenvalue weighted by atomic mass is 127. The van der Waals surface area contributed by atoms with Gasteiger partial charge in [-0.2, -0.15) is 0 Å². The summed E-state index contributed by atoms with van der Waals surface area (Å²) in [7, 11) is 0. The van der Waals surface area contributed by atoms with E-state index in [1.807, 2.05) is 41.6 Å². The second kappa shape index (κ2) is 6.05. The molecule has 1 aromatic carbocycles. The topological polar surface area (TPSA) is 70.1 Å². The van der Waals surface area contributed by atoms with Crippen LogP contribution in [0.25, 0.3) is 0 Å². The number of halogens is 1. The van der Waals surface area contributed by atoms with Crippen molar-refractivity contribution in [2.24, 2.45) is 0 Å². The molecule has 0 unspecified atom stereocenters. The molecule has 1 heterocycles. The summed E-state index contributed by atoms with van der Waals surface area (Å²) >= 11 is 1.97. The van der Waals surface area contributed by atoms with Gasteiger partial charge >= 0.3 is 0 Å². The van der Waals surface area contributed by atoms with E-state index in [0.29, 0.717) is 22.4 Å². The lowest BCUT2D eigenvalue weighted by atomic mass is 10.1. The van der Waals surface area contributed by atoms with Crippen LogP contribution < -0.4 is 16.0 Å². The summed E-state index contributed by atoms with van der Waals surface area (Å²) in [5.41, 5.74) is 7.23. The number of aromatic nitrogens is 2. The number of nitrogens with zero attached hydrogens (tertiary/aromatic N) is 2. The number of benzene rings is 1. The van der Waals surface area contributed by atoms with Gasteiger partial charge in [0.05, 0.1) is 23.0 Å². The van der Waals surface area contributed by atoms with Crippen LogP contribution in [-0.2, 0) is 6.54 Å². The van der Waals surface area contributed by atoms with Gasteiger partial charge in [-0.25, -0.2) is 4.98 Å². The first-order valence-electron chi connectivity index (χ1n) is 5.83. The molecule has 0 saturated heterocycles. The van der Waals surface area contributed by atoms with E-state index in [1.165, 1.54) is 6.33 Å². The molecule has 0 bridgehead atoms. The molecule has 0 spiro atoms. The van der Waals surface area contributed by atoms with E-state index < -0.39 is 0 Å². The molecule has 100 valence electrons. The molecule has 5 nitrogen and oxygen atoms in total. The van der Waals surface area contributed by atoms with Gasteiger partial charge < -0.3 is 10.5 Å². The molecule has 2 aromatic rings. The van der Waals surface area contributed by atoms with Gasteiger partial charge in [-0.15, -0.1) is 0 Å². The van der Waals surface area contributed by atoms with E-state index in [-0.39, 0.29) is 5.56 Å². The van der Waals surface area contributed by atoms with Gasteiger partial charge in [-0.3, -0.25) is 9.36 Å². The van der Waals surface area contributed by atoms with Gasteiger partial charge in [-0.1, -0.05) is 0 Å². The van der Waals surface area contributed by atoms with Crippen LogP contribution >= 0.6 is 22.6 Å². The molecule has 0 aliphatic heterocycles. The van der Waals surface area contributed by atoms with Crippen LogP contribution in [0.15, 0.2) is 35.5 Å². The second-order valence-corrected chi connectivity index (χ2v) is 5.14. The van der Waals surface area contributed by atoms with Gasteiger partial charge in [0.2, 0.25) is 0 Å². The van der Waals surface area contributed by atoms with Crippen LogP contribution in [0.2, 0.25) is 0 Å². The summed E-state index contributed by atoms with van der Waals surface area (Å²) < 4.78 is 7.67. The average molecular weight is 371 g/mol. The first-order chi connectivity index (χ1) is 9.11. The summed E-state index contributed by atoms with van der Waals surface area (Å²) in [5.74, 6) is 0.738. The first kappa shape index (κ1) is 13.9. The molecule has 6 heteroatoms. The maximum Gasteiger partial charge on any atom is 0.267 e. The summed E-state index contributed by atoms with van der Waals surface area (Å²) in [4.78, 5) is 16.0. The number of rotatable bonds is 4. The largest absolute Gasteiger partial charge is 0.494 e. The SMILES string of the molecule is CCOc1ccc(N)cc1Cn1cncc(I)c1=O. The molecule has 19 heavy (non-hydrogen) atoms. The predicted molar refractivity (Wildman–Crippen MR) is 82.3 cm³/mol. The Morgan fingerprint density at radius 1 is 1.47 bits per heavy atom. The predicted octanol–water partition coefficient (Wildman–Crippen LogP) is 1.88. The maximum atomic E-state index is 12.0. The molecule has 0 aliphatic rings. The highest BCUT2D eigenvalue weighted by molar-refractivity contribution is 14.1. The first-order valence-corrected chi connectivity index (χ1v) is 6.91. The number of ether oxygens (including phenoxy) is 1. The van der Waals surface area contributed by atoms with Gasteiger partial charge in [0, 0.05) is 17.4 Å². The number of nitrogen functional groups attached to an aromatic ring is 1. The van der Waals surface area contributed by atoms with E-state index in [9.17, 15) is 4.79 Å². The zero-order valence-corrected chi connectivity index (χ0v) is 12.6. The van der Waals surface area contributed by atoms with E-state index in [0.717, 1.165) is 11.3 Å². The third-order valence-electron chi connectivity index (χ3n) is 2.58. The van der Waals surface area contributed by atoms with Crippen molar-refractivity contribution in [3.63, 3.8) is 0 Å². The normalized spacial score (nSPS) is 10.4. The Labute approximate surface area is 124 Å². The molecule has 1 aromatic heterocycles. The Balaban J connectivity index is 2.39. The molecule has 0 aliphatic carbocycles. The quantitative estimate of drug-likeness (QED) is 0.658. The molecule has 2 rings (SSSR count). The molecule has 0 amide bonds. The van der Waals surface area contributed by atoms with Crippen LogP contribution in [0.1, 0.15) is 12.5 Å². The Kier molecular flexibility index (Phi) is 4.41. The van der Waals surface area contributed by atoms with Gasteiger partial charge in [0.25, 0.3) is 5.56 Å². The molecule has 0 radical (unpaired) electrons. The number of hydrogen-bond donors (Lipinski definition) is 1. The Hall–Kier alpha value is -1.57.